The number of carbonyl (C=O) groups is 3. The molecule has 0 N–H and O–H groups in total. The van der Waals surface area contributed by atoms with Crippen LogP contribution in [0.2, 0.25) is 0 Å². The molecule has 2 aliphatic heterocycles. The summed E-state index contributed by atoms with van der Waals surface area (Å²) >= 11 is 6.50. The van der Waals surface area contributed by atoms with Crippen molar-refractivity contribution in [2.24, 2.45) is 11.0 Å². The Balaban J connectivity index is 1.17. The second-order valence-corrected chi connectivity index (χ2v) is 13.3. The molecule has 0 unspecified atom stereocenters. The monoisotopic (exact) mass is 697 g/mol. The van der Waals surface area contributed by atoms with Crippen LogP contribution in [-0.2, 0) is 19.1 Å². The first-order valence-corrected chi connectivity index (χ1v) is 16.9. The standard InChI is InChI=1S/C37H35N3O7S2/c1-44-27-13-7-23(8-14-27)19-26-5-4-6-30-34(26)38-40(35(30)25-11-17-29(46-3)18-12-25)32(41)22-47-33(42)21-39-36(43)31(49-37(39)48)20-24-9-15-28(45-2)16-10-24/h7-20,30,35H,4-6,21-22H2,1-3H3/b26-19-,31-20+/t30-,35-/m0/s1. The van der Waals surface area contributed by atoms with Crippen molar-refractivity contribution in [2.75, 3.05) is 34.5 Å². The van der Waals surface area contributed by atoms with Crippen molar-refractivity contribution in [2.45, 2.75) is 25.3 Å². The van der Waals surface area contributed by atoms with Crippen molar-refractivity contribution in [1.29, 1.82) is 0 Å². The van der Waals surface area contributed by atoms with Gasteiger partial charge in [0.2, 0.25) is 0 Å². The molecule has 3 aromatic carbocycles. The van der Waals surface area contributed by atoms with Gasteiger partial charge in [-0.05, 0) is 90.1 Å². The Morgan fingerprint density at radius 2 is 1.45 bits per heavy atom. The van der Waals surface area contributed by atoms with E-state index in [-0.39, 0.29) is 16.3 Å². The minimum absolute atomic E-state index is 0.0428. The molecule has 252 valence electrons. The van der Waals surface area contributed by atoms with Crippen LogP contribution in [0.3, 0.4) is 0 Å². The van der Waals surface area contributed by atoms with Crippen LogP contribution in [0.5, 0.6) is 17.2 Å². The largest absolute Gasteiger partial charge is 0.497 e. The molecule has 0 spiro atoms. The number of rotatable bonds is 10. The highest BCUT2D eigenvalue weighted by Crippen LogP contribution is 2.45. The van der Waals surface area contributed by atoms with Gasteiger partial charge in [0.05, 0.1) is 38.0 Å². The molecule has 1 saturated carbocycles. The second kappa shape index (κ2) is 15.1. The van der Waals surface area contributed by atoms with Gasteiger partial charge >= 0.3 is 5.97 Å². The number of esters is 1. The number of thioether (sulfide) groups is 1. The number of amides is 2. The fourth-order valence-corrected chi connectivity index (χ4v) is 7.37. The molecule has 2 heterocycles. The van der Waals surface area contributed by atoms with Crippen molar-refractivity contribution >= 4 is 63.9 Å². The first-order valence-electron chi connectivity index (χ1n) is 15.7. The van der Waals surface area contributed by atoms with E-state index < -0.39 is 30.9 Å². The Morgan fingerprint density at radius 1 is 0.878 bits per heavy atom. The number of hydrogen-bond donors (Lipinski definition) is 0. The molecule has 0 bridgehead atoms. The van der Waals surface area contributed by atoms with E-state index >= 15 is 0 Å². The van der Waals surface area contributed by atoms with Crippen LogP contribution < -0.4 is 14.2 Å². The van der Waals surface area contributed by atoms with E-state index in [9.17, 15) is 14.4 Å². The van der Waals surface area contributed by atoms with Gasteiger partial charge in [-0.3, -0.25) is 19.3 Å². The Bertz CT molecular complexity index is 1840. The van der Waals surface area contributed by atoms with Gasteiger partial charge in [-0.2, -0.15) is 5.10 Å². The maximum Gasteiger partial charge on any atom is 0.326 e. The predicted octanol–water partition coefficient (Wildman–Crippen LogP) is 6.28. The summed E-state index contributed by atoms with van der Waals surface area (Å²) in [6.07, 6.45) is 6.42. The van der Waals surface area contributed by atoms with Gasteiger partial charge in [-0.1, -0.05) is 60.4 Å². The molecule has 2 amide bonds. The number of nitrogens with zero attached hydrogens (tertiary/aromatic N) is 3. The van der Waals surface area contributed by atoms with Crippen molar-refractivity contribution in [3.8, 4) is 17.2 Å². The van der Waals surface area contributed by atoms with Crippen molar-refractivity contribution in [1.82, 2.24) is 9.91 Å². The normalized spacial score (nSPS) is 20.3. The Kier molecular flexibility index (Phi) is 10.4. The number of fused-ring (bicyclic) bond motifs is 1. The minimum atomic E-state index is -0.749. The molecule has 1 aliphatic carbocycles. The van der Waals surface area contributed by atoms with Crippen molar-refractivity contribution in [3.63, 3.8) is 0 Å². The summed E-state index contributed by atoms with van der Waals surface area (Å²) in [5.74, 6) is 0.506. The van der Waals surface area contributed by atoms with Crippen LogP contribution in [0.15, 0.2) is 88.4 Å². The fraction of sp³-hybridized carbons (Fsp3) is 0.270. The van der Waals surface area contributed by atoms with E-state index in [0.717, 1.165) is 64.7 Å². The average molecular weight is 698 g/mol. The van der Waals surface area contributed by atoms with Gasteiger partial charge in [0.15, 0.2) is 6.61 Å². The highest BCUT2D eigenvalue weighted by atomic mass is 32.2. The van der Waals surface area contributed by atoms with Crippen LogP contribution in [0.1, 0.15) is 42.0 Å². The van der Waals surface area contributed by atoms with Gasteiger partial charge in [-0.25, -0.2) is 5.01 Å². The fourth-order valence-electron chi connectivity index (χ4n) is 6.11. The summed E-state index contributed by atoms with van der Waals surface area (Å²) in [7, 11) is 4.81. The average Bonchev–Trinajstić information content (AvgIpc) is 3.65. The summed E-state index contributed by atoms with van der Waals surface area (Å²) < 4.78 is 21.5. The lowest BCUT2D eigenvalue weighted by molar-refractivity contribution is -0.154. The molecule has 10 nitrogen and oxygen atoms in total. The molecule has 1 saturated heterocycles. The highest BCUT2D eigenvalue weighted by Gasteiger charge is 2.44. The highest BCUT2D eigenvalue weighted by molar-refractivity contribution is 8.26. The summed E-state index contributed by atoms with van der Waals surface area (Å²) in [6.45, 7) is -0.950. The molecule has 12 heteroatoms. The quantitative estimate of drug-likeness (QED) is 0.138. The lowest BCUT2D eigenvalue weighted by atomic mass is 9.77. The zero-order valence-electron chi connectivity index (χ0n) is 27.3. The number of ether oxygens (including phenoxy) is 4. The number of methoxy groups -OCH3 is 3. The van der Waals surface area contributed by atoms with Gasteiger partial charge in [0.25, 0.3) is 11.8 Å². The van der Waals surface area contributed by atoms with Gasteiger partial charge < -0.3 is 18.9 Å². The SMILES string of the molecule is COc1ccc(/C=C2/CCC[C@H]3C2=NN(C(=O)COC(=O)CN2C(=O)/C(=C\c4ccc(OC)cc4)SC2=S)[C@H]3c2ccc(OC)cc2)cc1. The van der Waals surface area contributed by atoms with E-state index in [0.29, 0.717) is 16.4 Å². The van der Waals surface area contributed by atoms with E-state index in [2.05, 4.69) is 6.08 Å². The molecule has 49 heavy (non-hydrogen) atoms. The topological polar surface area (TPSA) is 107 Å². The molecule has 3 aliphatic rings. The van der Waals surface area contributed by atoms with Crippen LogP contribution in [0.4, 0.5) is 0 Å². The maximum absolute atomic E-state index is 13.8. The van der Waals surface area contributed by atoms with Gasteiger partial charge in [0, 0.05) is 5.92 Å². The summed E-state index contributed by atoms with van der Waals surface area (Å²) in [5.41, 5.74) is 4.60. The van der Waals surface area contributed by atoms with E-state index in [1.807, 2.05) is 60.7 Å². The Hall–Kier alpha value is -4.94. The second-order valence-electron chi connectivity index (χ2n) is 11.6. The molecule has 2 atom stereocenters. The summed E-state index contributed by atoms with van der Waals surface area (Å²) in [4.78, 5) is 41.4. The predicted molar refractivity (Wildman–Crippen MR) is 192 cm³/mol. The lowest BCUT2D eigenvalue weighted by Crippen LogP contribution is -2.37. The Morgan fingerprint density at radius 3 is 2.04 bits per heavy atom. The van der Waals surface area contributed by atoms with Crippen molar-refractivity contribution < 1.29 is 33.3 Å². The minimum Gasteiger partial charge on any atom is -0.497 e. The van der Waals surface area contributed by atoms with E-state index in [1.54, 1.807) is 39.5 Å². The van der Waals surface area contributed by atoms with Gasteiger partial charge in [0.1, 0.15) is 28.1 Å². The molecular formula is C37H35N3O7S2. The number of allylic oxidation sites excluding steroid dienone is 1. The zero-order valence-corrected chi connectivity index (χ0v) is 28.9. The maximum atomic E-state index is 13.8. The molecule has 0 radical (unpaired) electrons. The smallest absolute Gasteiger partial charge is 0.326 e. The molecule has 2 fully saturated rings. The third kappa shape index (κ3) is 7.55. The zero-order chi connectivity index (χ0) is 34.5. The van der Waals surface area contributed by atoms with E-state index in [4.69, 9.17) is 36.3 Å². The first-order chi connectivity index (χ1) is 23.8. The number of benzene rings is 3. The number of carbonyl (C=O) groups excluding carboxylic acids is 3. The lowest BCUT2D eigenvalue weighted by Gasteiger charge is -2.29. The van der Waals surface area contributed by atoms with E-state index in [1.165, 1.54) is 9.91 Å². The van der Waals surface area contributed by atoms with Crippen LogP contribution in [0.25, 0.3) is 12.2 Å². The van der Waals surface area contributed by atoms with Gasteiger partial charge in [-0.15, -0.1) is 0 Å². The Labute approximate surface area is 294 Å². The summed E-state index contributed by atoms with van der Waals surface area (Å²) in [5, 5.41) is 6.31. The summed E-state index contributed by atoms with van der Waals surface area (Å²) in [6, 6.07) is 22.2. The third-order valence-electron chi connectivity index (χ3n) is 8.60. The number of thiocarbonyl (C=S) groups is 1. The van der Waals surface area contributed by atoms with Crippen molar-refractivity contribution in [3.05, 3.63) is 100.0 Å². The molecule has 0 aromatic heterocycles. The van der Waals surface area contributed by atoms with Crippen LogP contribution in [-0.4, -0.2) is 72.2 Å². The van der Waals surface area contributed by atoms with Crippen LogP contribution >= 0.6 is 24.0 Å². The van der Waals surface area contributed by atoms with Crippen LogP contribution in [0, 0.1) is 5.92 Å². The molecule has 6 rings (SSSR count). The molecular weight excluding hydrogens is 663 g/mol. The third-order valence-corrected chi connectivity index (χ3v) is 9.98. The first kappa shape index (κ1) is 33.9. The molecule has 3 aromatic rings. The number of hydrogen-bond acceptors (Lipinski definition) is 10. The number of hydrazone groups is 1.